The monoisotopic (exact) mass is 251 g/mol. The number of aliphatic carboxylic acids is 1. The molecule has 0 atom stereocenters. The minimum atomic E-state index is -0.844. The molecule has 0 radical (unpaired) electrons. The van der Waals surface area contributed by atoms with Crippen molar-refractivity contribution in [2.45, 2.75) is 46.1 Å². The number of rotatable bonds is 6. The molecule has 0 aliphatic heterocycles. The lowest BCUT2D eigenvalue weighted by molar-refractivity contribution is -0.137. The highest BCUT2D eigenvalue weighted by molar-refractivity contribution is 5.68. The first kappa shape index (κ1) is 14.4. The van der Waals surface area contributed by atoms with Gasteiger partial charge in [-0.15, -0.1) is 0 Å². The smallest absolute Gasteiger partial charge is 0.305 e. The summed E-state index contributed by atoms with van der Waals surface area (Å²) in [7, 11) is 0. The van der Waals surface area contributed by atoms with Gasteiger partial charge in [-0.25, -0.2) is 9.97 Å². The Hall–Kier alpha value is -1.65. The predicted octanol–water partition coefficient (Wildman–Crippen LogP) is 2.34. The Morgan fingerprint density at radius 2 is 1.94 bits per heavy atom. The average molecular weight is 251 g/mol. The molecule has 0 aliphatic carbocycles. The number of anilines is 1. The van der Waals surface area contributed by atoms with E-state index in [1.165, 1.54) is 0 Å². The van der Waals surface area contributed by atoms with E-state index in [-0.39, 0.29) is 6.42 Å². The summed E-state index contributed by atoms with van der Waals surface area (Å²) in [5.74, 6) is 0.188. The van der Waals surface area contributed by atoms with Gasteiger partial charge in [0.25, 0.3) is 0 Å². The first-order chi connectivity index (χ1) is 8.28. The van der Waals surface area contributed by atoms with Gasteiger partial charge in [0.15, 0.2) is 0 Å². The van der Waals surface area contributed by atoms with Crippen molar-refractivity contribution in [2.24, 2.45) is 5.92 Å². The molecule has 2 N–H and O–H groups in total. The van der Waals surface area contributed by atoms with E-state index in [2.05, 4.69) is 29.1 Å². The van der Waals surface area contributed by atoms with Crippen molar-refractivity contribution >= 4 is 11.9 Å². The largest absolute Gasteiger partial charge is 0.481 e. The Morgan fingerprint density at radius 3 is 2.39 bits per heavy atom. The van der Waals surface area contributed by atoms with Crippen LogP contribution >= 0.6 is 0 Å². The van der Waals surface area contributed by atoms with E-state index < -0.39 is 11.5 Å². The van der Waals surface area contributed by atoms with Gasteiger partial charge in [0.2, 0.25) is 5.95 Å². The molecule has 0 spiro atoms. The highest BCUT2D eigenvalue weighted by Crippen LogP contribution is 2.15. The number of nitrogens with zero attached hydrogens (tertiary/aromatic N) is 2. The highest BCUT2D eigenvalue weighted by Gasteiger charge is 2.22. The number of aromatic nitrogens is 2. The third-order valence-electron chi connectivity index (χ3n) is 2.39. The van der Waals surface area contributed by atoms with Gasteiger partial charge in [0, 0.05) is 17.9 Å². The Labute approximate surface area is 108 Å². The summed E-state index contributed by atoms with van der Waals surface area (Å²) in [6.07, 6.45) is 4.53. The van der Waals surface area contributed by atoms with E-state index >= 15 is 0 Å². The quantitative estimate of drug-likeness (QED) is 0.811. The van der Waals surface area contributed by atoms with Gasteiger partial charge >= 0.3 is 5.97 Å². The maximum Gasteiger partial charge on any atom is 0.305 e. The third-order valence-corrected chi connectivity index (χ3v) is 2.39. The van der Waals surface area contributed by atoms with Crippen molar-refractivity contribution in [1.29, 1.82) is 0 Å². The Balaban J connectivity index is 2.65. The fourth-order valence-electron chi connectivity index (χ4n) is 1.72. The number of nitrogens with one attached hydrogen (secondary N) is 1. The van der Waals surface area contributed by atoms with E-state index in [1.54, 1.807) is 12.4 Å². The molecule has 1 aromatic heterocycles. The average Bonchev–Trinajstić information content (AvgIpc) is 2.17. The molecule has 0 bridgehead atoms. The first-order valence-electron chi connectivity index (χ1n) is 6.09. The predicted molar refractivity (Wildman–Crippen MR) is 70.5 cm³/mol. The molecule has 5 nitrogen and oxygen atoms in total. The molecule has 0 amide bonds. The van der Waals surface area contributed by atoms with Gasteiger partial charge in [-0.1, -0.05) is 13.8 Å². The molecular weight excluding hydrogens is 230 g/mol. The van der Waals surface area contributed by atoms with E-state index in [9.17, 15) is 4.79 Å². The van der Waals surface area contributed by atoms with Crippen LogP contribution < -0.4 is 5.32 Å². The van der Waals surface area contributed by atoms with Crippen LogP contribution in [0.15, 0.2) is 12.4 Å². The van der Waals surface area contributed by atoms with Crippen molar-refractivity contribution in [1.82, 2.24) is 9.97 Å². The number of carboxylic acids is 1. The highest BCUT2D eigenvalue weighted by atomic mass is 16.4. The summed E-state index contributed by atoms with van der Waals surface area (Å²) in [6.45, 7) is 7.91. The van der Waals surface area contributed by atoms with Crippen LogP contribution in [0, 0.1) is 5.92 Å². The van der Waals surface area contributed by atoms with Crippen LogP contribution in [0.5, 0.6) is 0 Å². The summed E-state index contributed by atoms with van der Waals surface area (Å²) < 4.78 is 0. The minimum Gasteiger partial charge on any atom is -0.481 e. The number of hydrogen-bond donors (Lipinski definition) is 2. The maximum atomic E-state index is 10.7. The minimum absolute atomic E-state index is 0.0180. The van der Waals surface area contributed by atoms with Crippen molar-refractivity contribution in [3.05, 3.63) is 18.0 Å². The summed E-state index contributed by atoms with van der Waals surface area (Å²) >= 11 is 0. The summed E-state index contributed by atoms with van der Waals surface area (Å²) in [6, 6.07) is 0. The lowest BCUT2D eigenvalue weighted by atomic mass is 10.0. The Bertz CT molecular complexity index is 399. The lowest BCUT2D eigenvalue weighted by Gasteiger charge is -2.24. The van der Waals surface area contributed by atoms with Crippen molar-refractivity contribution in [3.63, 3.8) is 0 Å². The fourth-order valence-corrected chi connectivity index (χ4v) is 1.72. The van der Waals surface area contributed by atoms with Crippen LogP contribution in [-0.2, 0) is 11.2 Å². The topological polar surface area (TPSA) is 75.1 Å². The zero-order valence-electron chi connectivity index (χ0n) is 11.4. The summed E-state index contributed by atoms with van der Waals surface area (Å²) in [5.41, 5.74) is 0.525. The molecule has 0 saturated carbocycles. The molecule has 0 fully saturated rings. The zero-order valence-corrected chi connectivity index (χ0v) is 11.4. The maximum absolute atomic E-state index is 10.7. The van der Waals surface area contributed by atoms with Gasteiger partial charge in [-0.2, -0.15) is 0 Å². The van der Waals surface area contributed by atoms with Gasteiger partial charge in [-0.3, -0.25) is 4.79 Å². The second kappa shape index (κ2) is 5.80. The zero-order chi connectivity index (χ0) is 13.8. The van der Waals surface area contributed by atoms with Crippen LogP contribution in [0.1, 0.15) is 39.7 Å². The van der Waals surface area contributed by atoms with E-state index in [0.717, 1.165) is 12.0 Å². The van der Waals surface area contributed by atoms with Crippen molar-refractivity contribution in [2.75, 3.05) is 5.32 Å². The molecule has 0 aromatic carbocycles. The number of hydrogen-bond acceptors (Lipinski definition) is 4. The van der Waals surface area contributed by atoms with Crippen LogP contribution in [-0.4, -0.2) is 26.6 Å². The van der Waals surface area contributed by atoms with Crippen LogP contribution in [0.25, 0.3) is 0 Å². The van der Waals surface area contributed by atoms with E-state index in [1.807, 2.05) is 13.8 Å². The van der Waals surface area contributed by atoms with Crippen LogP contribution in [0.2, 0.25) is 0 Å². The first-order valence-corrected chi connectivity index (χ1v) is 6.09. The molecule has 1 heterocycles. The van der Waals surface area contributed by atoms with Gasteiger partial charge in [0.05, 0.1) is 6.42 Å². The molecule has 18 heavy (non-hydrogen) atoms. The molecule has 0 aliphatic rings. The molecular formula is C13H21N3O2. The van der Waals surface area contributed by atoms with E-state index in [0.29, 0.717) is 11.9 Å². The van der Waals surface area contributed by atoms with Gasteiger partial charge in [-0.05, 0) is 31.7 Å². The lowest BCUT2D eigenvalue weighted by Crippen LogP contribution is -2.34. The standard InChI is InChI=1S/C13H21N3O2/c1-9(2)5-10-7-14-12(15-8-10)16-13(3,4)6-11(17)18/h7-9H,5-6H2,1-4H3,(H,17,18)(H,14,15,16). The number of carboxylic acid groups (broad SMARTS) is 1. The summed E-state index contributed by atoms with van der Waals surface area (Å²) in [5, 5.41) is 11.8. The molecule has 0 saturated heterocycles. The van der Waals surface area contributed by atoms with Crippen LogP contribution in [0.3, 0.4) is 0 Å². The molecule has 1 aromatic rings. The Morgan fingerprint density at radius 1 is 1.39 bits per heavy atom. The van der Waals surface area contributed by atoms with Crippen LogP contribution in [0.4, 0.5) is 5.95 Å². The normalized spacial score (nSPS) is 11.6. The van der Waals surface area contributed by atoms with Gasteiger partial charge < -0.3 is 10.4 Å². The Kier molecular flexibility index (Phi) is 4.64. The molecule has 5 heteroatoms. The fraction of sp³-hybridized carbons (Fsp3) is 0.615. The SMILES string of the molecule is CC(C)Cc1cnc(NC(C)(C)CC(=O)O)nc1. The molecule has 0 unspecified atom stereocenters. The second-order valence-electron chi connectivity index (χ2n) is 5.59. The second-order valence-corrected chi connectivity index (χ2v) is 5.59. The van der Waals surface area contributed by atoms with Crippen molar-refractivity contribution < 1.29 is 9.90 Å². The molecule has 1 rings (SSSR count). The van der Waals surface area contributed by atoms with Gasteiger partial charge in [0.1, 0.15) is 0 Å². The third kappa shape index (κ3) is 5.12. The summed E-state index contributed by atoms with van der Waals surface area (Å²) in [4.78, 5) is 19.1. The molecule has 100 valence electrons. The number of carbonyl (C=O) groups is 1. The van der Waals surface area contributed by atoms with E-state index in [4.69, 9.17) is 5.11 Å². The van der Waals surface area contributed by atoms with Crippen molar-refractivity contribution in [3.8, 4) is 0 Å².